The van der Waals surface area contributed by atoms with Gasteiger partial charge in [-0.15, -0.1) is 0 Å². The number of rotatable bonds is 0. The molecule has 2 rings (SSSR count). The van der Waals surface area contributed by atoms with Crippen molar-refractivity contribution in [2.24, 2.45) is 17.8 Å². The highest BCUT2D eigenvalue weighted by Gasteiger charge is 2.43. The summed E-state index contributed by atoms with van der Waals surface area (Å²) in [7, 11) is 0. The molecular formula is C8H12O. The molecule has 2 aliphatic carbocycles. The Balaban J connectivity index is 2.25. The Bertz CT molecular complexity index is 147. The largest absolute Gasteiger partial charge is 0.299 e. The summed E-state index contributed by atoms with van der Waals surface area (Å²) in [5.74, 6) is 2.20. The van der Waals surface area contributed by atoms with Gasteiger partial charge in [0.05, 0.1) is 0 Å². The topological polar surface area (TPSA) is 17.1 Å². The van der Waals surface area contributed by atoms with Gasteiger partial charge < -0.3 is 0 Å². The van der Waals surface area contributed by atoms with Crippen LogP contribution < -0.4 is 0 Å². The second-order valence-electron chi connectivity index (χ2n) is 3.46. The fourth-order valence-electron chi connectivity index (χ4n) is 2.33. The maximum Gasteiger partial charge on any atom is 0.139 e. The zero-order chi connectivity index (χ0) is 6.43. The summed E-state index contributed by atoms with van der Waals surface area (Å²) in [6.45, 7) is 2.09. The lowest BCUT2D eigenvalue weighted by Crippen LogP contribution is -2.18. The molecule has 0 N–H and O–H groups in total. The number of Topliss-reactive ketones (excluding diaryl/α,β-unsaturated/α-hetero) is 1. The van der Waals surface area contributed by atoms with Crippen LogP contribution in [0.4, 0.5) is 0 Å². The van der Waals surface area contributed by atoms with Crippen molar-refractivity contribution in [2.45, 2.75) is 26.2 Å². The first-order chi connectivity index (χ1) is 4.29. The van der Waals surface area contributed by atoms with Gasteiger partial charge in [-0.2, -0.15) is 0 Å². The van der Waals surface area contributed by atoms with Crippen molar-refractivity contribution < 1.29 is 4.79 Å². The molecule has 1 heteroatoms. The number of fused-ring (bicyclic) bond motifs is 2. The minimum absolute atomic E-state index is 0.406. The summed E-state index contributed by atoms with van der Waals surface area (Å²) in [5, 5.41) is 0. The van der Waals surface area contributed by atoms with E-state index in [2.05, 4.69) is 6.92 Å². The average Bonchev–Trinajstić information content (AvgIpc) is 2.37. The molecule has 0 aromatic carbocycles. The van der Waals surface area contributed by atoms with Crippen molar-refractivity contribution in [3.63, 3.8) is 0 Å². The summed E-state index contributed by atoms with van der Waals surface area (Å²) in [4.78, 5) is 11.2. The van der Waals surface area contributed by atoms with Gasteiger partial charge in [-0.25, -0.2) is 0 Å². The van der Waals surface area contributed by atoms with E-state index < -0.39 is 0 Å². The van der Waals surface area contributed by atoms with Crippen LogP contribution in [0.25, 0.3) is 0 Å². The number of carbonyl (C=O) groups is 1. The van der Waals surface area contributed by atoms with E-state index in [0.29, 0.717) is 17.6 Å². The fourth-order valence-corrected chi connectivity index (χ4v) is 2.33. The monoisotopic (exact) mass is 124 g/mol. The molecular weight excluding hydrogens is 112 g/mol. The van der Waals surface area contributed by atoms with Crippen LogP contribution in [0, 0.1) is 17.8 Å². The van der Waals surface area contributed by atoms with E-state index in [9.17, 15) is 4.79 Å². The van der Waals surface area contributed by atoms with Gasteiger partial charge in [-0.05, 0) is 25.2 Å². The lowest BCUT2D eigenvalue weighted by atomic mass is 9.89. The van der Waals surface area contributed by atoms with Gasteiger partial charge in [0.2, 0.25) is 0 Å². The number of ketones is 1. The molecule has 2 fully saturated rings. The third-order valence-electron chi connectivity index (χ3n) is 3.03. The Morgan fingerprint density at radius 1 is 1.44 bits per heavy atom. The minimum Gasteiger partial charge on any atom is -0.299 e. The summed E-state index contributed by atoms with van der Waals surface area (Å²) in [5.41, 5.74) is 0. The summed E-state index contributed by atoms with van der Waals surface area (Å²) in [6.07, 6.45) is 3.71. The molecule has 0 aromatic heterocycles. The molecule has 0 aliphatic heterocycles. The van der Waals surface area contributed by atoms with E-state index in [4.69, 9.17) is 0 Å². The van der Waals surface area contributed by atoms with Gasteiger partial charge in [0, 0.05) is 11.8 Å². The van der Waals surface area contributed by atoms with Crippen LogP contribution >= 0.6 is 0 Å². The Kier molecular flexibility index (Phi) is 0.961. The third-order valence-corrected chi connectivity index (χ3v) is 3.03. The molecule has 2 aliphatic rings. The molecule has 0 spiro atoms. The van der Waals surface area contributed by atoms with Gasteiger partial charge >= 0.3 is 0 Å². The highest BCUT2D eigenvalue weighted by molar-refractivity contribution is 5.86. The molecule has 0 aromatic rings. The van der Waals surface area contributed by atoms with Crippen LogP contribution in [0.3, 0.4) is 0 Å². The van der Waals surface area contributed by atoms with E-state index in [0.717, 1.165) is 5.92 Å². The minimum atomic E-state index is 0.406. The van der Waals surface area contributed by atoms with Crippen molar-refractivity contribution in [3.05, 3.63) is 0 Å². The molecule has 3 atom stereocenters. The number of hydrogen-bond donors (Lipinski definition) is 0. The second kappa shape index (κ2) is 1.59. The molecule has 2 saturated carbocycles. The molecule has 9 heavy (non-hydrogen) atoms. The van der Waals surface area contributed by atoms with Gasteiger partial charge in [-0.3, -0.25) is 4.79 Å². The first-order valence-electron chi connectivity index (χ1n) is 3.83. The summed E-state index contributed by atoms with van der Waals surface area (Å²) >= 11 is 0. The zero-order valence-corrected chi connectivity index (χ0v) is 5.76. The van der Waals surface area contributed by atoms with E-state index >= 15 is 0 Å². The molecule has 0 saturated heterocycles. The molecule has 50 valence electrons. The van der Waals surface area contributed by atoms with Crippen LogP contribution in [-0.2, 0) is 4.79 Å². The van der Waals surface area contributed by atoms with Crippen LogP contribution in [0.15, 0.2) is 0 Å². The van der Waals surface area contributed by atoms with Gasteiger partial charge in [0.1, 0.15) is 5.78 Å². The van der Waals surface area contributed by atoms with Crippen LogP contribution in [-0.4, -0.2) is 5.78 Å². The summed E-state index contributed by atoms with van der Waals surface area (Å²) in [6, 6.07) is 0. The maximum absolute atomic E-state index is 11.2. The third kappa shape index (κ3) is 0.577. The van der Waals surface area contributed by atoms with Crippen molar-refractivity contribution in [1.82, 2.24) is 0 Å². The van der Waals surface area contributed by atoms with Crippen molar-refractivity contribution >= 4 is 5.78 Å². The normalized spacial score (nSPS) is 48.6. The number of hydrogen-bond acceptors (Lipinski definition) is 1. The SMILES string of the molecule is C[C@H]1C(=O)[C@H]2CC[C@H]1C2. The van der Waals surface area contributed by atoms with Crippen molar-refractivity contribution in [1.29, 1.82) is 0 Å². The predicted molar refractivity (Wildman–Crippen MR) is 35.0 cm³/mol. The number of carbonyl (C=O) groups excluding carboxylic acids is 1. The fraction of sp³-hybridized carbons (Fsp3) is 0.875. The molecule has 0 amide bonds. The lowest BCUT2D eigenvalue weighted by Gasteiger charge is -2.14. The first-order valence-corrected chi connectivity index (χ1v) is 3.83. The molecule has 0 unspecified atom stereocenters. The Morgan fingerprint density at radius 2 is 2.22 bits per heavy atom. The second-order valence-corrected chi connectivity index (χ2v) is 3.46. The van der Waals surface area contributed by atoms with Crippen LogP contribution in [0.5, 0.6) is 0 Å². The molecule has 1 nitrogen and oxygen atoms in total. The van der Waals surface area contributed by atoms with E-state index in [1.807, 2.05) is 0 Å². The van der Waals surface area contributed by atoms with Gasteiger partial charge in [0.15, 0.2) is 0 Å². The van der Waals surface area contributed by atoms with Gasteiger partial charge in [0.25, 0.3) is 0 Å². The molecule has 0 radical (unpaired) electrons. The quantitative estimate of drug-likeness (QED) is 0.479. The molecule has 2 bridgehead atoms. The smallest absolute Gasteiger partial charge is 0.139 e. The highest BCUT2D eigenvalue weighted by Crippen LogP contribution is 2.45. The first kappa shape index (κ1) is 5.45. The molecule has 0 heterocycles. The van der Waals surface area contributed by atoms with Crippen LogP contribution in [0.2, 0.25) is 0 Å². The Labute approximate surface area is 55.4 Å². The zero-order valence-electron chi connectivity index (χ0n) is 5.76. The van der Waals surface area contributed by atoms with Crippen molar-refractivity contribution in [3.8, 4) is 0 Å². The van der Waals surface area contributed by atoms with Crippen LogP contribution in [0.1, 0.15) is 26.2 Å². The Hall–Kier alpha value is -0.330. The predicted octanol–water partition coefficient (Wildman–Crippen LogP) is 1.62. The van der Waals surface area contributed by atoms with E-state index in [-0.39, 0.29) is 0 Å². The summed E-state index contributed by atoms with van der Waals surface area (Å²) < 4.78 is 0. The van der Waals surface area contributed by atoms with Crippen molar-refractivity contribution in [2.75, 3.05) is 0 Å². The highest BCUT2D eigenvalue weighted by atomic mass is 16.1. The maximum atomic E-state index is 11.2. The van der Waals surface area contributed by atoms with E-state index in [1.165, 1.54) is 19.3 Å². The van der Waals surface area contributed by atoms with E-state index in [1.54, 1.807) is 0 Å². The lowest BCUT2D eigenvalue weighted by molar-refractivity contribution is -0.125. The Morgan fingerprint density at radius 3 is 2.56 bits per heavy atom. The van der Waals surface area contributed by atoms with Gasteiger partial charge in [-0.1, -0.05) is 6.92 Å². The standard InChI is InChI=1S/C8H12O/c1-5-6-2-3-7(4-6)8(5)9/h5-7H,2-4H2,1H3/t5-,6+,7+/m1/s1. The average molecular weight is 124 g/mol.